The molecule has 2 N–H and O–H groups in total. The van der Waals surface area contributed by atoms with Crippen molar-refractivity contribution < 1.29 is 4.79 Å². The fourth-order valence-electron chi connectivity index (χ4n) is 2.76. The number of likely N-dealkylation sites (N-methyl/N-ethyl adjacent to an activating group) is 1. The number of carbonyl (C=O) groups is 1. The number of nitrogens with one attached hydrogen (secondary N) is 2. The van der Waals surface area contributed by atoms with Crippen LogP contribution in [0.25, 0.3) is 22.6 Å². The minimum absolute atomic E-state index is 0.0988. The molecule has 0 fully saturated rings. The summed E-state index contributed by atoms with van der Waals surface area (Å²) in [5, 5.41) is 6.82. The van der Waals surface area contributed by atoms with Gasteiger partial charge in [-0.25, -0.2) is 4.98 Å². The Labute approximate surface area is 114 Å². The number of fused-ring (bicyclic) bond motifs is 2. The second-order valence-electron chi connectivity index (χ2n) is 5.10. The maximum atomic E-state index is 12.0. The smallest absolute Gasteiger partial charge is 0.234 e. The van der Waals surface area contributed by atoms with Gasteiger partial charge in [0.25, 0.3) is 0 Å². The highest BCUT2D eigenvalue weighted by molar-refractivity contribution is 6.06. The third-order valence-electron chi connectivity index (χ3n) is 3.92. The number of aromatic nitrogens is 4. The zero-order valence-corrected chi connectivity index (χ0v) is 11.1. The summed E-state index contributed by atoms with van der Waals surface area (Å²) in [4.78, 5) is 21.5. The molecule has 1 aromatic carbocycles. The number of nitrogens with zero attached hydrogens (tertiary/aromatic N) is 3. The van der Waals surface area contributed by atoms with Crippen LogP contribution in [0.4, 0.5) is 5.69 Å². The Hall–Kier alpha value is -2.63. The van der Waals surface area contributed by atoms with Gasteiger partial charge in [-0.05, 0) is 30.7 Å². The van der Waals surface area contributed by atoms with E-state index in [2.05, 4.69) is 20.2 Å². The number of amides is 1. The van der Waals surface area contributed by atoms with Crippen molar-refractivity contribution in [2.75, 3.05) is 11.9 Å². The molecule has 3 aromatic rings. The highest BCUT2D eigenvalue weighted by Gasteiger charge is 2.32. The van der Waals surface area contributed by atoms with E-state index in [0.717, 1.165) is 33.8 Å². The Kier molecular flexibility index (Phi) is 2.07. The molecule has 0 aliphatic carbocycles. The van der Waals surface area contributed by atoms with Crippen LogP contribution in [-0.2, 0) is 4.79 Å². The SMILES string of the molecule is CC1C(=O)N(C)c2cc3nc(-c4ccn[nH]4)[nH]c3cc21. The number of H-pyrrole nitrogens is 2. The van der Waals surface area contributed by atoms with E-state index in [0.29, 0.717) is 0 Å². The van der Waals surface area contributed by atoms with E-state index >= 15 is 0 Å². The lowest BCUT2D eigenvalue weighted by molar-refractivity contribution is -0.118. The van der Waals surface area contributed by atoms with E-state index in [-0.39, 0.29) is 11.8 Å². The summed E-state index contributed by atoms with van der Waals surface area (Å²) < 4.78 is 0. The van der Waals surface area contributed by atoms with Gasteiger partial charge in [-0.2, -0.15) is 5.10 Å². The molecule has 1 aliphatic rings. The summed E-state index contributed by atoms with van der Waals surface area (Å²) in [5.74, 6) is 0.780. The van der Waals surface area contributed by atoms with Gasteiger partial charge in [-0.3, -0.25) is 9.89 Å². The standard InChI is InChI=1S/C14H13N5O/c1-7-8-5-10-11(6-12(8)19(2)14(7)20)17-13(16-10)9-3-4-15-18-9/h3-7H,1-2H3,(H,15,18)(H,16,17). The van der Waals surface area contributed by atoms with Crippen LogP contribution < -0.4 is 4.90 Å². The number of hydrogen-bond acceptors (Lipinski definition) is 3. The second kappa shape index (κ2) is 3.69. The first-order valence-electron chi connectivity index (χ1n) is 6.46. The van der Waals surface area contributed by atoms with Crippen LogP contribution in [-0.4, -0.2) is 33.1 Å². The molecule has 0 saturated carbocycles. The maximum Gasteiger partial charge on any atom is 0.234 e. The average molecular weight is 267 g/mol. The molecule has 1 amide bonds. The molecule has 1 unspecified atom stereocenters. The number of benzene rings is 1. The molecule has 6 heteroatoms. The lowest BCUT2D eigenvalue weighted by atomic mass is 10.0. The van der Waals surface area contributed by atoms with E-state index in [1.165, 1.54) is 0 Å². The van der Waals surface area contributed by atoms with Gasteiger partial charge >= 0.3 is 0 Å². The third-order valence-corrected chi connectivity index (χ3v) is 3.92. The fourth-order valence-corrected chi connectivity index (χ4v) is 2.76. The Morgan fingerprint density at radius 2 is 2.20 bits per heavy atom. The zero-order chi connectivity index (χ0) is 13.9. The Balaban J connectivity index is 1.92. The largest absolute Gasteiger partial charge is 0.337 e. The van der Waals surface area contributed by atoms with Crippen molar-refractivity contribution in [1.29, 1.82) is 0 Å². The molecule has 0 saturated heterocycles. The van der Waals surface area contributed by atoms with Gasteiger partial charge < -0.3 is 9.88 Å². The first kappa shape index (κ1) is 11.2. The summed E-state index contributed by atoms with van der Waals surface area (Å²) in [7, 11) is 1.80. The molecule has 20 heavy (non-hydrogen) atoms. The molecule has 6 nitrogen and oxygen atoms in total. The van der Waals surface area contributed by atoms with Gasteiger partial charge in [-0.15, -0.1) is 0 Å². The Morgan fingerprint density at radius 1 is 1.35 bits per heavy atom. The summed E-state index contributed by atoms with van der Waals surface area (Å²) >= 11 is 0. The quantitative estimate of drug-likeness (QED) is 0.708. The zero-order valence-electron chi connectivity index (χ0n) is 11.1. The minimum atomic E-state index is -0.0988. The topological polar surface area (TPSA) is 77.7 Å². The number of carbonyl (C=O) groups excluding carboxylic acids is 1. The van der Waals surface area contributed by atoms with E-state index in [4.69, 9.17) is 0 Å². The molecule has 4 rings (SSSR count). The molecule has 2 aromatic heterocycles. The van der Waals surface area contributed by atoms with Gasteiger partial charge in [0.1, 0.15) is 5.69 Å². The monoisotopic (exact) mass is 267 g/mol. The van der Waals surface area contributed by atoms with Crippen molar-refractivity contribution in [3.63, 3.8) is 0 Å². The third kappa shape index (κ3) is 1.36. The van der Waals surface area contributed by atoms with Gasteiger partial charge in [0.05, 0.1) is 17.0 Å². The van der Waals surface area contributed by atoms with Gasteiger partial charge in [0.2, 0.25) is 5.91 Å². The first-order valence-corrected chi connectivity index (χ1v) is 6.46. The van der Waals surface area contributed by atoms with E-state index in [1.807, 2.05) is 25.1 Å². The van der Waals surface area contributed by atoms with Crippen molar-refractivity contribution >= 4 is 22.6 Å². The highest BCUT2D eigenvalue weighted by atomic mass is 16.2. The lowest BCUT2D eigenvalue weighted by Crippen LogP contribution is -2.22. The summed E-state index contributed by atoms with van der Waals surface area (Å²) in [5.41, 5.74) is 4.62. The summed E-state index contributed by atoms with van der Waals surface area (Å²) in [6.07, 6.45) is 1.69. The highest BCUT2D eigenvalue weighted by Crippen LogP contribution is 2.38. The van der Waals surface area contributed by atoms with Crippen molar-refractivity contribution in [2.45, 2.75) is 12.8 Å². The number of anilines is 1. The van der Waals surface area contributed by atoms with Crippen LogP contribution >= 0.6 is 0 Å². The molecule has 0 radical (unpaired) electrons. The first-order chi connectivity index (χ1) is 9.65. The minimum Gasteiger partial charge on any atom is -0.337 e. The van der Waals surface area contributed by atoms with Crippen LogP contribution in [0.15, 0.2) is 24.4 Å². The normalized spacial score (nSPS) is 18.0. The molecule has 0 bridgehead atoms. The molecule has 0 spiro atoms. The number of hydrogen-bond donors (Lipinski definition) is 2. The molecule has 1 atom stereocenters. The van der Waals surface area contributed by atoms with Crippen LogP contribution in [0, 0.1) is 0 Å². The van der Waals surface area contributed by atoms with Gasteiger partial charge in [0, 0.05) is 18.9 Å². The number of imidazole rings is 1. The van der Waals surface area contributed by atoms with E-state index in [9.17, 15) is 4.79 Å². The van der Waals surface area contributed by atoms with Gasteiger partial charge in [0.15, 0.2) is 5.82 Å². The molecule has 100 valence electrons. The maximum absolute atomic E-state index is 12.0. The fraction of sp³-hybridized carbons (Fsp3) is 0.214. The van der Waals surface area contributed by atoms with Crippen molar-refractivity contribution in [3.05, 3.63) is 30.0 Å². The molecule has 1 aliphatic heterocycles. The molecule has 3 heterocycles. The van der Waals surface area contributed by atoms with Crippen molar-refractivity contribution in [2.24, 2.45) is 0 Å². The molecular formula is C14H13N5O. The molecular weight excluding hydrogens is 254 g/mol. The van der Waals surface area contributed by atoms with Crippen molar-refractivity contribution in [1.82, 2.24) is 20.2 Å². The van der Waals surface area contributed by atoms with Gasteiger partial charge in [-0.1, -0.05) is 0 Å². The summed E-state index contributed by atoms with van der Waals surface area (Å²) in [6.45, 7) is 1.93. The lowest BCUT2D eigenvalue weighted by Gasteiger charge is -2.09. The predicted octanol–water partition coefficient (Wildman–Crippen LogP) is 2.03. The summed E-state index contributed by atoms with van der Waals surface area (Å²) in [6, 6.07) is 5.84. The van der Waals surface area contributed by atoms with Crippen LogP contribution in [0.3, 0.4) is 0 Å². The van der Waals surface area contributed by atoms with Crippen LogP contribution in [0.2, 0.25) is 0 Å². The number of rotatable bonds is 1. The Morgan fingerprint density at radius 3 is 2.95 bits per heavy atom. The van der Waals surface area contributed by atoms with E-state index < -0.39 is 0 Å². The second-order valence-corrected chi connectivity index (χ2v) is 5.10. The van der Waals surface area contributed by atoms with Crippen molar-refractivity contribution in [3.8, 4) is 11.5 Å². The Bertz CT molecular complexity index is 769. The predicted molar refractivity (Wildman–Crippen MR) is 75.5 cm³/mol. The van der Waals surface area contributed by atoms with E-state index in [1.54, 1.807) is 18.1 Å². The average Bonchev–Trinajstić information content (AvgIpc) is 3.14. The van der Waals surface area contributed by atoms with Crippen LogP contribution in [0.1, 0.15) is 18.4 Å². The number of aromatic amines is 2. The van der Waals surface area contributed by atoms with Crippen LogP contribution in [0.5, 0.6) is 0 Å².